The zero-order valence-electron chi connectivity index (χ0n) is 22.2. The number of rotatable bonds is 12. The normalized spacial score (nSPS) is 13.1. The van der Waals surface area contributed by atoms with E-state index in [1.54, 1.807) is 0 Å². The molecule has 0 heterocycles. The van der Waals surface area contributed by atoms with Gasteiger partial charge in [0.05, 0.1) is 11.4 Å². The highest BCUT2D eigenvalue weighted by molar-refractivity contribution is 9.10. The van der Waals surface area contributed by atoms with E-state index >= 15 is 0 Å². The van der Waals surface area contributed by atoms with Gasteiger partial charge in [-0.2, -0.15) is 4.31 Å². The smallest absolute Gasteiger partial charge is 0.243 e. The van der Waals surface area contributed by atoms with Crippen LogP contribution < -0.4 is 5.32 Å². The van der Waals surface area contributed by atoms with Crippen molar-refractivity contribution in [1.29, 1.82) is 0 Å². The summed E-state index contributed by atoms with van der Waals surface area (Å²) < 4.78 is 28.3. The molecule has 208 valence electrons. The highest BCUT2D eigenvalue weighted by Gasteiger charge is 2.33. The van der Waals surface area contributed by atoms with Gasteiger partial charge in [0, 0.05) is 35.6 Å². The van der Waals surface area contributed by atoms with Crippen molar-refractivity contribution in [3.8, 4) is 0 Å². The quantitative estimate of drug-likeness (QED) is 0.294. The third-order valence-electron chi connectivity index (χ3n) is 6.42. The number of hydrogen-bond donors (Lipinski definition) is 1. The largest absolute Gasteiger partial charge is 0.352 e. The second-order valence-corrected chi connectivity index (χ2v) is 12.8. The molecular formula is C29H33BrClN3O4S. The topological polar surface area (TPSA) is 86.8 Å². The Labute approximate surface area is 244 Å². The molecule has 0 spiro atoms. The molecule has 2 amide bonds. The predicted octanol–water partition coefficient (Wildman–Crippen LogP) is 5.28. The molecule has 0 fully saturated rings. The van der Waals surface area contributed by atoms with Crippen LogP contribution in [0.4, 0.5) is 0 Å². The molecule has 0 saturated heterocycles. The third-order valence-corrected chi connectivity index (χ3v) is 9.02. The van der Waals surface area contributed by atoms with Crippen LogP contribution in [0, 0.1) is 0 Å². The number of nitrogens with one attached hydrogen (secondary N) is 1. The number of likely N-dealkylation sites (N-methyl/N-ethyl adjacent to an activating group) is 1. The molecular weight excluding hydrogens is 602 g/mol. The van der Waals surface area contributed by atoms with Crippen LogP contribution in [0.1, 0.15) is 31.4 Å². The maximum atomic E-state index is 13.9. The van der Waals surface area contributed by atoms with Crippen LogP contribution in [0.5, 0.6) is 0 Å². The van der Waals surface area contributed by atoms with Gasteiger partial charge >= 0.3 is 0 Å². The second-order valence-electron chi connectivity index (χ2n) is 9.39. The summed E-state index contributed by atoms with van der Waals surface area (Å²) >= 11 is 9.35. The Morgan fingerprint density at radius 2 is 1.56 bits per heavy atom. The van der Waals surface area contributed by atoms with Gasteiger partial charge in [-0.25, -0.2) is 8.42 Å². The van der Waals surface area contributed by atoms with Crippen LogP contribution in [0.15, 0.2) is 88.2 Å². The fourth-order valence-electron chi connectivity index (χ4n) is 3.93. The molecule has 3 aromatic rings. The lowest BCUT2D eigenvalue weighted by Crippen LogP contribution is -2.54. The average Bonchev–Trinajstić information content (AvgIpc) is 2.92. The molecule has 3 rings (SSSR count). The number of sulfonamides is 1. The van der Waals surface area contributed by atoms with Gasteiger partial charge in [-0.05, 0) is 60.9 Å². The SMILES string of the molecule is CCC(C)NC(=O)C(Cc1ccccc1)N(Cc1ccc(Br)cc1)C(=O)CN(C)S(=O)(=O)c1ccc(Cl)cc1. The number of halogens is 2. The van der Waals surface area contributed by atoms with Gasteiger partial charge in [-0.3, -0.25) is 9.59 Å². The van der Waals surface area contributed by atoms with E-state index in [-0.39, 0.29) is 29.8 Å². The first-order valence-electron chi connectivity index (χ1n) is 12.6. The first-order chi connectivity index (χ1) is 18.5. The fourth-order valence-corrected chi connectivity index (χ4v) is 5.45. The van der Waals surface area contributed by atoms with Crippen molar-refractivity contribution < 1.29 is 18.0 Å². The van der Waals surface area contributed by atoms with E-state index in [0.29, 0.717) is 5.02 Å². The van der Waals surface area contributed by atoms with E-state index in [1.807, 2.05) is 68.4 Å². The van der Waals surface area contributed by atoms with Crippen LogP contribution in [-0.4, -0.2) is 55.1 Å². The van der Waals surface area contributed by atoms with Gasteiger partial charge in [-0.1, -0.05) is 76.9 Å². The molecule has 0 bridgehead atoms. The number of carbonyl (C=O) groups excluding carboxylic acids is 2. The van der Waals surface area contributed by atoms with Crippen LogP contribution >= 0.6 is 27.5 Å². The van der Waals surface area contributed by atoms with Crippen molar-refractivity contribution in [2.75, 3.05) is 13.6 Å². The van der Waals surface area contributed by atoms with Gasteiger partial charge in [0.2, 0.25) is 21.8 Å². The molecule has 0 aliphatic rings. The second kappa shape index (κ2) is 14.1. The lowest BCUT2D eigenvalue weighted by molar-refractivity contribution is -0.141. The Kier molecular flexibility index (Phi) is 11.1. The summed E-state index contributed by atoms with van der Waals surface area (Å²) in [5.74, 6) is -0.778. The van der Waals surface area contributed by atoms with Gasteiger partial charge < -0.3 is 10.2 Å². The molecule has 7 nitrogen and oxygen atoms in total. The lowest BCUT2D eigenvalue weighted by Gasteiger charge is -2.33. The van der Waals surface area contributed by atoms with E-state index < -0.39 is 28.5 Å². The summed E-state index contributed by atoms with van der Waals surface area (Å²) in [5, 5.41) is 3.42. The number of benzene rings is 3. The predicted molar refractivity (Wildman–Crippen MR) is 158 cm³/mol. The van der Waals surface area contributed by atoms with Crippen molar-refractivity contribution in [3.63, 3.8) is 0 Å². The van der Waals surface area contributed by atoms with E-state index in [4.69, 9.17) is 11.6 Å². The summed E-state index contributed by atoms with van der Waals surface area (Å²) in [6.07, 6.45) is 1.01. The molecule has 0 radical (unpaired) electrons. The van der Waals surface area contributed by atoms with Gasteiger partial charge in [0.25, 0.3) is 0 Å². The Hall–Kier alpha value is -2.72. The molecule has 1 N–H and O–H groups in total. The van der Waals surface area contributed by atoms with Crippen LogP contribution in [-0.2, 0) is 32.6 Å². The molecule has 0 aliphatic carbocycles. The zero-order valence-corrected chi connectivity index (χ0v) is 25.3. The molecule has 0 saturated carbocycles. The fraction of sp³-hybridized carbons (Fsp3) is 0.310. The van der Waals surface area contributed by atoms with Crippen molar-refractivity contribution in [2.45, 2.75) is 50.2 Å². The highest BCUT2D eigenvalue weighted by atomic mass is 79.9. The van der Waals surface area contributed by atoms with Gasteiger partial charge in [0.1, 0.15) is 6.04 Å². The summed E-state index contributed by atoms with van der Waals surface area (Å²) in [6.45, 7) is 3.57. The van der Waals surface area contributed by atoms with Crippen molar-refractivity contribution in [1.82, 2.24) is 14.5 Å². The standard InChI is InChI=1S/C29H33BrClN3O4S/c1-4-21(2)32-29(36)27(18-22-8-6-5-7-9-22)34(19-23-10-12-24(30)13-11-23)28(35)20-33(3)39(37,38)26-16-14-25(31)15-17-26/h5-17,21,27H,4,18-20H2,1-3H3,(H,32,36). The number of carbonyl (C=O) groups is 2. The first-order valence-corrected chi connectivity index (χ1v) is 15.2. The zero-order chi connectivity index (χ0) is 28.6. The van der Waals surface area contributed by atoms with Crippen molar-refractivity contribution >= 4 is 49.4 Å². The van der Waals surface area contributed by atoms with E-state index in [9.17, 15) is 18.0 Å². The monoisotopic (exact) mass is 633 g/mol. The summed E-state index contributed by atoms with van der Waals surface area (Å²) in [5.41, 5.74) is 1.70. The molecule has 0 aliphatic heterocycles. The summed E-state index contributed by atoms with van der Waals surface area (Å²) in [7, 11) is -2.62. The van der Waals surface area contributed by atoms with E-state index in [2.05, 4.69) is 21.2 Å². The van der Waals surface area contributed by atoms with Gasteiger partial charge in [-0.15, -0.1) is 0 Å². The summed E-state index contributed by atoms with van der Waals surface area (Å²) in [4.78, 5) is 28.9. The third kappa shape index (κ3) is 8.63. The number of nitrogens with zero attached hydrogens (tertiary/aromatic N) is 2. The minimum absolute atomic E-state index is 0.0250. The first kappa shape index (κ1) is 30.8. The lowest BCUT2D eigenvalue weighted by atomic mass is 10.0. The Bertz CT molecular complexity index is 1350. The molecule has 39 heavy (non-hydrogen) atoms. The maximum Gasteiger partial charge on any atom is 0.243 e. The van der Waals surface area contributed by atoms with Crippen LogP contribution in [0.2, 0.25) is 5.02 Å². The molecule has 2 atom stereocenters. The Balaban J connectivity index is 1.97. The average molecular weight is 635 g/mol. The maximum absolute atomic E-state index is 13.9. The Morgan fingerprint density at radius 3 is 2.15 bits per heavy atom. The molecule has 0 aromatic heterocycles. The van der Waals surface area contributed by atoms with Gasteiger partial charge in [0.15, 0.2) is 0 Å². The van der Waals surface area contributed by atoms with Crippen molar-refractivity contribution in [2.24, 2.45) is 0 Å². The van der Waals surface area contributed by atoms with Crippen LogP contribution in [0.25, 0.3) is 0 Å². The van der Waals surface area contributed by atoms with E-state index in [1.165, 1.54) is 36.2 Å². The summed E-state index contributed by atoms with van der Waals surface area (Å²) in [6, 6.07) is 21.7. The number of amides is 2. The van der Waals surface area contributed by atoms with Crippen molar-refractivity contribution in [3.05, 3.63) is 99.5 Å². The minimum atomic E-state index is -3.97. The Morgan fingerprint density at radius 1 is 0.949 bits per heavy atom. The number of hydrogen-bond acceptors (Lipinski definition) is 4. The molecule has 2 unspecified atom stereocenters. The van der Waals surface area contributed by atoms with Crippen LogP contribution in [0.3, 0.4) is 0 Å². The molecule has 10 heteroatoms. The highest BCUT2D eigenvalue weighted by Crippen LogP contribution is 2.20. The van der Waals surface area contributed by atoms with E-state index in [0.717, 1.165) is 26.3 Å². The minimum Gasteiger partial charge on any atom is -0.352 e. The molecule has 3 aromatic carbocycles.